The molecule has 7 heteroatoms. The van der Waals surface area contributed by atoms with Gasteiger partial charge in [-0.1, -0.05) is 29.3 Å². The quantitative estimate of drug-likeness (QED) is 0.662. The normalized spacial score (nSPS) is 11.2. The van der Waals surface area contributed by atoms with E-state index < -0.39 is 11.9 Å². The van der Waals surface area contributed by atoms with E-state index in [0.717, 1.165) is 6.08 Å². The highest BCUT2D eigenvalue weighted by molar-refractivity contribution is 6.37. The zero-order valence-electron chi connectivity index (χ0n) is 11.6. The average molecular weight is 332 g/mol. The lowest BCUT2D eigenvalue weighted by atomic mass is 10.1. The summed E-state index contributed by atoms with van der Waals surface area (Å²) in [4.78, 5) is 25.1. The molecule has 0 spiro atoms. The topological polar surface area (TPSA) is 66.8 Å². The van der Waals surface area contributed by atoms with Gasteiger partial charge in [-0.25, -0.2) is 4.79 Å². The fourth-order valence-corrected chi connectivity index (χ4v) is 1.93. The number of halogens is 2. The maximum atomic E-state index is 12.0. The van der Waals surface area contributed by atoms with Crippen LogP contribution in [0.1, 0.15) is 5.56 Å². The Morgan fingerprint density at radius 3 is 2.52 bits per heavy atom. The van der Waals surface area contributed by atoms with Crippen molar-refractivity contribution in [2.45, 2.75) is 0 Å². The molecule has 0 unspecified atom stereocenters. The molecule has 21 heavy (non-hydrogen) atoms. The van der Waals surface area contributed by atoms with Gasteiger partial charge in [0.25, 0.3) is 0 Å². The van der Waals surface area contributed by atoms with E-state index in [-0.39, 0.29) is 23.8 Å². The molecule has 1 rings (SSSR count). The van der Waals surface area contributed by atoms with Crippen molar-refractivity contribution in [3.63, 3.8) is 0 Å². The number of carbonyl (C=O) groups excluding carboxylic acids is 2. The first-order chi connectivity index (χ1) is 9.86. The predicted octanol–water partition coefficient (Wildman–Crippen LogP) is 2.00. The minimum absolute atomic E-state index is 0.00353. The number of aliphatic hydroxyl groups is 1. The number of carbonyl (C=O) groups is 2. The number of aliphatic hydroxyl groups excluding tert-OH is 1. The van der Waals surface area contributed by atoms with Gasteiger partial charge in [0.15, 0.2) is 0 Å². The first-order valence-corrected chi connectivity index (χ1v) is 6.78. The lowest BCUT2D eigenvalue weighted by Gasteiger charge is -2.12. The van der Waals surface area contributed by atoms with Crippen LogP contribution >= 0.6 is 23.2 Å². The molecule has 0 fully saturated rings. The summed E-state index contributed by atoms with van der Waals surface area (Å²) in [6, 6.07) is 4.54. The summed E-state index contributed by atoms with van der Waals surface area (Å²) in [6.07, 6.45) is 1.13. The first kappa shape index (κ1) is 17.5. The van der Waals surface area contributed by atoms with E-state index in [1.165, 1.54) is 17.0 Å². The molecular formula is C14H15Cl2NO4. The minimum atomic E-state index is -0.747. The van der Waals surface area contributed by atoms with E-state index in [4.69, 9.17) is 33.0 Å². The SMILES string of the molecule is CN(C)C(=O)C=C(C(=O)OCCO)c1ccc(Cl)cc1Cl. The fraction of sp³-hybridized carbons (Fsp3) is 0.286. The van der Waals surface area contributed by atoms with Gasteiger partial charge in [0, 0.05) is 30.8 Å². The second-order valence-corrected chi connectivity index (χ2v) is 5.12. The molecule has 0 aromatic heterocycles. The Morgan fingerprint density at radius 2 is 2.00 bits per heavy atom. The van der Waals surface area contributed by atoms with E-state index in [2.05, 4.69) is 0 Å². The molecule has 0 aliphatic heterocycles. The number of hydrogen-bond donors (Lipinski definition) is 1. The van der Waals surface area contributed by atoms with Crippen LogP contribution < -0.4 is 0 Å². The van der Waals surface area contributed by atoms with Crippen molar-refractivity contribution >= 4 is 40.7 Å². The summed E-state index contributed by atoms with van der Waals surface area (Å²) in [7, 11) is 3.11. The Bertz CT molecular complexity index is 570. The molecule has 114 valence electrons. The monoisotopic (exact) mass is 331 g/mol. The number of rotatable bonds is 5. The van der Waals surface area contributed by atoms with E-state index in [9.17, 15) is 9.59 Å². The second-order valence-electron chi connectivity index (χ2n) is 4.27. The highest BCUT2D eigenvalue weighted by Crippen LogP contribution is 2.28. The largest absolute Gasteiger partial charge is 0.460 e. The third kappa shape index (κ3) is 5.04. The minimum Gasteiger partial charge on any atom is -0.460 e. The van der Waals surface area contributed by atoms with Gasteiger partial charge in [-0.15, -0.1) is 0 Å². The number of hydrogen-bond acceptors (Lipinski definition) is 4. The molecule has 0 saturated heterocycles. The lowest BCUT2D eigenvalue weighted by molar-refractivity contribution is -0.137. The summed E-state index contributed by atoms with van der Waals surface area (Å²) >= 11 is 11.9. The highest BCUT2D eigenvalue weighted by atomic mass is 35.5. The Kier molecular flexibility index (Phi) is 6.68. The van der Waals surface area contributed by atoms with Gasteiger partial charge in [0.1, 0.15) is 6.61 Å². The Labute approximate surface area is 132 Å². The van der Waals surface area contributed by atoms with Crippen molar-refractivity contribution in [2.24, 2.45) is 0 Å². The Hall–Kier alpha value is -1.56. The molecule has 1 N–H and O–H groups in total. The van der Waals surface area contributed by atoms with Gasteiger partial charge in [0.2, 0.25) is 5.91 Å². The van der Waals surface area contributed by atoms with Gasteiger partial charge in [-0.3, -0.25) is 4.79 Å². The molecule has 0 heterocycles. The lowest BCUT2D eigenvalue weighted by Crippen LogP contribution is -2.21. The van der Waals surface area contributed by atoms with Crippen LogP contribution in [0, 0.1) is 0 Å². The standard InChI is InChI=1S/C14H15Cl2NO4/c1-17(2)13(19)8-11(14(20)21-6-5-18)10-4-3-9(15)7-12(10)16/h3-4,7-8,18H,5-6H2,1-2H3. The van der Waals surface area contributed by atoms with Crippen LogP contribution in [0.4, 0.5) is 0 Å². The number of benzene rings is 1. The first-order valence-electron chi connectivity index (χ1n) is 6.03. The van der Waals surface area contributed by atoms with Gasteiger partial charge >= 0.3 is 5.97 Å². The molecule has 0 aliphatic carbocycles. The van der Waals surface area contributed by atoms with Gasteiger partial charge < -0.3 is 14.7 Å². The van der Waals surface area contributed by atoms with Crippen LogP contribution in [0.15, 0.2) is 24.3 Å². The fourth-order valence-electron chi connectivity index (χ4n) is 1.42. The van der Waals surface area contributed by atoms with Crippen LogP contribution in [0.2, 0.25) is 10.0 Å². The molecule has 0 radical (unpaired) electrons. The van der Waals surface area contributed by atoms with Crippen molar-refractivity contribution in [1.82, 2.24) is 4.90 Å². The van der Waals surface area contributed by atoms with E-state index in [1.54, 1.807) is 20.2 Å². The smallest absolute Gasteiger partial charge is 0.339 e. The maximum absolute atomic E-state index is 12.0. The van der Waals surface area contributed by atoms with Crippen molar-refractivity contribution in [1.29, 1.82) is 0 Å². The van der Waals surface area contributed by atoms with Crippen LogP contribution in [0.5, 0.6) is 0 Å². The molecule has 5 nitrogen and oxygen atoms in total. The summed E-state index contributed by atoms with van der Waals surface area (Å²) in [6.45, 7) is -0.480. The molecule has 1 amide bonds. The molecule has 0 atom stereocenters. The number of amides is 1. The van der Waals surface area contributed by atoms with Crippen molar-refractivity contribution < 1.29 is 19.4 Å². The molecule has 0 saturated carbocycles. The van der Waals surface area contributed by atoms with Crippen LogP contribution in [0.25, 0.3) is 5.57 Å². The van der Waals surface area contributed by atoms with Gasteiger partial charge in [0.05, 0.1) is 17.2 Å². The van der Waals surface area contributed by atoms with E-state index in [1.807, 2.05) is 0 Å². The van der Waals surface area contributed by atoms with Crippen LogP contribution in [0.3, 0.4) is 0 Å². The highest BCUT2D eigenvalue weighted by Gasteiger charge is 2.19. The zero-order chi connectivity index (χ0) is 16.0. The number of nitrogens with zero attached hydrogens (tertiary/aromatic N) is 1. The second kappa shape index (κ2) is 8.02. The van der Waals surface area contributed by atoms with E-state index in [0.29, 0.717) is 10.6 Å². The van der Waals surface area contributed by atoms with Crippen molar-refractivity contribution in [2.75, 3.05) is 27.3 Å². The van der Waals surface area contributed by atoms with Crippen LogP contribution in [-0.4, -0.2) is 49.2 Å². The Balaban J connectivity index is 3.24. The molecular weight excluding hydrogens is 317 g/mol. The molecule has 0 bridgehead atoms. The molecule has 1 aromatic carbocycles. The van der Waals surface area contributed by atoms with Gasteiger partial charge in [-0.2, -0.15) is 0 Å². The number of esters is 1. The third-order valence-corrected chi connectivity index (χ3v) is 3.02. The Morgan fingerprint density at radius 1 is 1.33 bits per heavy atom. The summed E-state index contributed by atoms with van der Waals surface area (Å²) in [5.41, 5.74) is 0.336. The number of ether oxygens (including phenoxy) is 1. The maximum Gasteiger partial charge on any atom is 0.339 e. The molecule has 0 aliphatic rings. The van der Waals surface area contributed by atoms with Crippen molar-refractivity contribution in [3.05, 3.63) is 39.9 Å². The summed E-state index contributed by atoms with van der Waals surface area (Å²) < 4.78 is 4.85. The third-order valence-electron chi connectivity index (χ3n) is 2.47. The average Bonchev–Trinajstić information content (AvgIpc) is 2.42. The zero-order valence-corrected chi connectivity index (χ0v) is 13.1. The number of likely N-dealkylation sites (N-methyl/N-ethyl adjacent to an activating group) is 1. The van der Waals surface area contributed by atoms with Crippen molar-refractivity contribution in [3.8, 4) is 0 Å². The predicted molar refractivity (Wildman–Crippen MR) is 81.2 cm³/mol. The summed E-state index contributed by atoms with van der Waals surface area (Å²) in [5, 5.41) is 9.34. The molecule has 1 aromatic rings. The summed E-state index contributed by atoms with van der Waals surface area (Å²) in [5.74, 6) is -1.14. The van der Waals surface area contributed by atoms with Gasteiger partial charge in [-0.05, 0) is 12.1 Å². The van der Waals surface area contributed by atoms with E-state index >= 15 is 0 Å². The van der Waals surface area contributed by atoms with Crippen LogP contribution in [-0.2, 0) is 14.3 Å².